The van der Waals surface area contributed by atoms with Crippen LogP contribution >= 0.6 is 0 Å². The van der Waals surface area contributed by atoms with Gasteiger partial charge in [0.15, 0.2) is 0 Å². The Morgan fingerprint density at radius 3 is 2.53 bits per heavy atom. The third-order valence-electron chi connectivity index (χ3n) is 6.56. The van der Waals surface area contributed by atoms with E-state index >= 15 is 4.39 Å². The highest BCUT2D eigenvalue weighted by atomic mass is 19.1. The van der Waals surface area contributed by atoms with Gasteiger partial charge in [-0.3, -0.25) is 4.79 Å². The third kappa shape index (κ3) is 5.13. The molecular weight excluding hydrogens is 463 g/mol. The molecule has 2 aliphatic rings. The van der Waals surface area contributed by atoms with E-state index in [0.717, 1.165) is 31.2 Å². The van der Waals surface area contributed by atoms with Crippen LogP contribution in [0.15, 0.2) is 24.7 Å². The lowest BCUT2D eigenvalue weighted by molar-refractivity contribution is 0.100. The molecule has 1 aliphatic heterocycles. The van der Waals surface area contributed by atoms with Gasteiger partial charge in [-0.05, 0) is 87.4 Å². The van der Waals surface area contributed by atoms with E-state index in [0.29, 0.717) is 11.5 Å². The van der Waals surface area contributed by atoms with Crippen LogP contribution in [0.25, 0.3) is 5.69 Å². The van der Waals surface area contributed by atoms with Crippen LogP contribution in [-0.4, -0.2) is 53.2 Å². The normalized spacial score (nSPS) is 19.1. The highest BCUT2D eigenvalue weighted by Crippen LogP contribution is 2.44. The van der Waals surface area contributed by atoms with Gasteiger partial charge in [-0.25, -0.2) is 14.1 Å². The van der Waals surface area contributed by atoms with Crippen LogP contribution in [-0.2, 0) is 0 Å². The molecule has 2 fully saturated rings. The minimum Gasteiger partial charge on any atom is -0.366 e. The summed E-state index contributed by atoms with van der Waals surface area (Å²) in [5.41, 5.74) is 7.28. The molecule has 11 nitrogen and oxygen atoms in total. The molecule has 5 N–H and O–H groups in total. The van der Waals surface area contributed by atoms with Gasteiger partial charge in [0, 0.05) is 23.3 Å². The maximum absolute atomic E-state index is 15.1. The number of carbonyl (C=O) groups is 1. The zero-order valence-corrected chi connectivity index (χ0v) is 20.8. The van der Waals surface area contributed by atoms with Crippen LogP contribution in [0.2, 0.25) is 0 Å². The Balaban J connectivity index is 1.45. The van der Waals surface area contributed by atoms with Gasteiger partial charge in [0.1, 0.15) is 18.0 Å². The fourth-order valence-electron chi connectivity index (χ4n) is 5.33. The average molecular weight is 495 g/mol. The Hall–Kier alpha value is -3.67. The molecule has 3 heterocycles. The Morgan fingerprint density at radius 1 is 1.19 bits per heavy atom. The van der Waals surface area contributed by atoms with E-state index in [2.05, 4.69) is 69.1 Å². The highest BCUT2D eigenvalue weighted by molar-refractivity contribution is 5.97. The van der Waals surface area contributed by atoms with Gasteiger partial charge in [0.05, 0.1) is 16.9 Å². The topological polar surface area (TPSA) is 149 Å². The number of benzene rings is 1. The Labute approximate surface area is 208 Å². The number of hydrogen-bond acceptors (Lipinski definition) is 9. The number of nitrogens with one attached hydrogen (secondary N) is 3. The summed E-state index contributed by atoms with van der Waals surface area (Å²) in [6, 6.07) is 3.20. The molecule has 0 atom stereocenters. The van der Waals surface area contributed by atoms with Crippen molar-refractivity contribution in [2.75, 3.05) is 10.6 Å². The molecule has 0 bridgehead atoms. The predicted molar refractivity (Wildman–Crippen MR) is 133 cm³/mol. The standard InChI is InChI=1S/C24H31FN10O/c1-23(2)9-14(10-24(3,4)32-23)29-21-16(20(26)36)11-27-22(31-21)30-18-8-19(35-12-28-33-34-35)15(7-17(18)25)13-5-6-13/h7-8,11-14,32H,5-6,9-10H2,1-4H3,(H2,26,36)(H2,27,29,30,31). The number of carbonyl (C=O) groups excluding carboxylic acids is 1. The molecule has 190 valence electrons. The highest BCUT2D eigenvalue weighted by Gasteiger charge is 2.38. The number of anilines is 3. The van der Waals surface area contributed by atoms with E-state index in [9.17, 15) is 4.79 Å². The van der Waals surface area contributed by atoms with Crippen molar-refractivity contribution >= 4 is 23.4 Å². The van der Waals surface area contributed by atoms with Crippen molar-refractivity contribution in [3.05, 3.63) is 41.6 Å². The number of nitrogens with two attached hydrogens (primary N) is 1. The summed E-state index contributed by atoms with van der Waals surface area (Å²) in [6.07, 6.45) is 6.46. The van der Waals surface area contributed by atoms with Crippen LogP contribution in [0, 0.1) is 5.82 Å². The van der Waals surface area contributed by atoms with E-state index in [1.165, 1.54) is 23.3 Å². The lowest BCUT2D eigenvalue weighted by Gasteiger charge is -2.46. The summed E-state index contributed by atoms with van der Waals surface area (Å²) in [5, 5.41) is 21.4. The molecule has 0 spiro atoms. The summed E-state index contributed by atoms with van der Waals surface area (Å²) >= 11 is 0. The SMILES string of the molecule is CC1(C)CC(Nc2nc(Nc3cc(-n4cnnn4)c(C4CC4)cc3F)ncc2C(N)=O)CC(C)(C)N1. The number of primary amides is 1. The number of tetrazole rings is 1. The summed E-state index contributed by atoms with van der Waals surface area (Å²) in [5.74, 6) is -0.344. The molecule has 1 amide bonds. The summed E-state index contributed by atoms with van der Waals surface area (Å²) in [7, 11) is 0. The summed E-state index contributed by atoms with van der Waals surface area (Å²) in [4.78, 5) is 20.8. The molecule has 1 saturated carbocycles. The van der Waals surface area contributed by atoms with E-state index in [4.69, 9.17) is 5.73 Å². The van der Waals surface area contributed by atoms with Crippen molar-refractivity contribution in [2.45, 2.75) is 76.4 Å². The monoisotopic (exact) mass is 494 g/mol. The minimum atomic E-state index is -0.641. The maximum Gasteiger partial charge on any atom is 0.254 e. The Kier molecular flexibility index (Phi) is 5.86. The molecule has 5 rings (SSSR count). The smallest absolute Gasteiger partial charge is 0.254 e. The van der Waals surface area contributed by atoms with Crippen molar-refractivity contribution in [2.24, 2.45) is 5.73 Å². The van der Waals surface area contributed by atoms with Crippen molar-refractivity contribution < 1.29 is 9.18 Å². The average Bonchev–Trinajstić information content (AvgIpc) is 3.46. The van der Waals surface area contributed by atoms with Crippen LogP contribution in [0.3, 0.4) is 0 Å². The number of hydrogen-bond donors (Lipinski definition) is 4. The largest absolute Gasteiger partial charge is 0.366 e. The van der Waals surface area contributed by atoms with E-state index < -0.39 is 11.7 Å². The summed E-state index contributed by atoms with van der Waals surface area (Å²) < 4.78 is 16.6. The molecule has 1 aliphatic carbocycles. The molecule has 2 aromatic heterocycles. The lowest BCUT2D eigenvalue weighted by Crippen LogP contribution is -2.60. The van der Waals surface area contributed by atoms with Crippen molar-refractivity contribution in [1.82, 2.24) is 35.5 Å². The third-order valence-corrected chi connectivity index (χ3v) is 6.56. The van der Waals surface area contributed by atoms with Crippen molar-refractivity contribution in [3.63, 3.8) is 0 Å². The first-order chi connectivity index (χ1) is 17.0. The van der Waals surface area contributed by atoms with Gasteiger partial charge < -0.3 is 21.7 Å². The first-order valence-electron chi connectivity index (χ1n) is 12.1. The number of rotatable bonds is 7. The number of amides is 1. The van der Waals surface area contributed by atoms with Gasteiger partial charge >= 0.3 is 0 Å². The van der Waals surface area contributed by atoms with Gasteiger partial charge in [0.25, 0.3) is 5.91 Å². The maximum atomic E-state index is 15.1. The van der Waals surface area contributed by atoms with Gasteiger partial charge in [-0.15, -0.1) is 5.10 Å². The number of aromatic nitrogens is 6. The van der Waals surface area contributed by atoms with Crippen LogP contribution in [0.5, 0.6) is 0 Å². The first-order valence-corrected chi connectivity index (χ1v) is 12.1. The summed E-state index contributed by atoms with van der Waals surface area (Å²) in [6.45, 7) is 8.56. The van der Waals surface area contributed by atoms with E-state index in [1.54, 1.807) is 6.07 Å². The lowest BCUT2D eigenvalue weighted by atomic mass is 9.79. The zero-order valence-electron chi connectivity index (χ0n) is 20.8. The Morgan fingerprint density at radius 2 is 1.92 bits per heavy atom. The second-order valence-electron chi connectivity index (χ2n) is 11.0. The minimum absolute atomic E-state index is 0.0399. The van der Waals surface area contributed by atoms with Gasteiger partial charge in [-0.1, -0.05) is 0 Å². The number of piperidine rings is 1. The molecule has 1 aromatic carbocycles. The molecule has 12 heteroatoms. The molecule has 0 unspecified atom stereocenters. The molecule has 3 aromatic rings. The van der Waals surface area contributed by atoms with Gasteiger partial charge in [0.2, 0.25) is 5.95 Å². The van der Waals surface area contributed by atoms with Crippen molar-refractivity contribution in [1.29, 1.82) is 0 Å². The van der Waals surface area contributed by atoms with E-state index in [-0.39, 0.29) is 40.2 Å². The van der Waals surface area contributed by atoms with Crippen LogP contribution in [0.4, 0.5) is 21.8 Å². The number of nitrogens with zero attached hydrogens (tertiary/aromatic N) is 6. The second-order valence-corrected chi connectivity index (χ2v) is 11.0. The zero-order chi connectivity index (χ0) is 25.7. The molecular formula is C24H31FN10O. The Bertz CT molecular complexity index is 1270. The first kappa shape index (κ1) is 24.0. The molecule has 0 radical (unpaired) electrons. The number of halogens is 1. The fraction of sp³-hybridized carbons (Fsp3) is 0.500. The van der Waals surface area contributed by atoms with Crippen molar-refractivity contribution in [3.8, 4) is 5.69 Å². The van der Waals surface area contributed by atoms with Gasteiger partial charge in [-0.2, -0.15) is 4.98 Å². The predicted octanol–water partition coefficient (Wildman–Crippen LogP) is 3.03. The second kappa shape index (κ2) is 8.77. The molecule has 1 saturated heterocycles. The molecule has 36 heavy (non-hydrogen) atoms. The van der Waals surface area contributed by atoms with Crippen LogP contribution in [0.1, 0.15) is 75.2 Å². The van der Waals surface area contributed by atoms with Crippen LogP contribution < -0.4 is 21.7 Å². The quantitative estimate of drug-likeness (QED) is 0.389. The van der Waals surface area contributed by atoms with E-state index in [1.807, 2.05) is 0 Å². The fourth-order valence-corrected chi connectivity index (χ4v) is 5.33.